The zero-order valence-corrected chi connectivity index (χ0v) is 19.4. The Morgan fingerprint density at radius 3 is 2.48 bits per heavy atom. The quantitative estimate of drug-likeness (QED) is 0.420. The number of ether oxygens (including phenoxy) is 1. The van der Waals surface area contributed by atoms with Crippen LogP contribution in [0.3, 0.4) is 0 Å². The number of carbonyl (C=O) groups excluding carboxylic acids is 3. The van der Waals surface area contributed by atoms with Crippen LogP contribution in [0.15, 0.2) is 48.5 Å². The number of hydrogen-bond acceptors (Lipinski definition) is 4. The maximum Gasteiger partial charge on any atom is 0.321 e. The molecule has 0 aromatic heterocycles. The molecule has 0 atom stereocenters. The Kier molecular flexibility index (Phi) is 8.95. The number of carbonyl (C=O) groups is 3. The molecule has 2 aromatic carbocycles. The number of urea groups is 1. The fraction of sp³-hybridized carbons (Fsp3) is 0.375. The first-order chi connectivity index (χ1) is 15.9. The van der Waals surface area contributed by atoms with Gasteiger partial charge >= 0.3 is 6.03 Å². The van der Waals surface area contributed by atoms with E-state index < -0.39 is 0 Å². The Morgan fingerprint density at radius 1 is 1.06 bits per heavy atom. The number of hydrazine groups is 1. The van der Waals surface area contributed by atoms with Crippen LogP contribution < -0.4 is 20.9 Å². The summed E-state index contributed by atoms with van der Waals surface area (Å²) in [5.41, 5.74) is 6.62. The van der Waals surface area contributed by atoms with E-state index in [0.717, 1.165) is 17.0 Å². The van der Waals surface area contributed by atoms with E-state index in [2.05, 4.69) is 16.2 Å². The molecule has 1 aliphatic rings. The zero-order chi connectivity index (χ0) is 23.6. The van der Waals surface area contributed by atoms with Crippen LogP contribution in [0.2, 0.25) is 5.02 Å². The van der Waals surface area contributed by atoms with Crippen molar-refractivity contribution >= 4 is 35.1 Å². The summed E-state index contributed by atoms with van der Waals surface area (Å²) < 4.78 is 5.67. The highest BCUT2D eigenvalue weighted by Crippen LogP contribution is 2.22. The number of amides is 4. The third-order valence-corrected chi connectivity index (χ3v) is 5.68. The van der Waals surface area contributed by atoms with Crippen LogP contribution in [0.1, 0.15) is 31.2 Å². The summed E-state index contributed by atoms with van der Waals surface area (Å²) in [6.45, 7) is 3.25. The molecule has 3 N–H and O–H groups in total. The Morgan fingerprint density at radius 2 is 1.79 bits per heavy atom. The predicted octanol–water partition coefficient (Wildman–Crippen LogP) is 3.90. The van der Waals surface area contributed by atoms with Crippen molar-refractivity contribution < 1.29 is 19.1 Å². The number of halogens is 1. The molecule has 4 amide bonds. The van der Waals surface area contributed by atoms with E-state index in [1.807, 2.05) is 43.3 Å². The lowest BCUT2D eigenvalue weighted by Gasteiger charge is -2.31. The summed E-state index contributed by atoms with van der Waals surface area (Å²) in [5, 5.41) is 3.50. The highest BCUT2D eigenvalue weighted by atomic mass is 35.5. The number of piperidine rings is 1. The van der Waals surface area contributed by atoms with Gasteiger partial charge in [-0.05, 0) is 62.1 Å². The molecule has 0 unspecified atom stereocenters. The average molecular weight is 473 g/mol. The van der Waals surface area contributed by atoms with Gasteiger partial charge in [0.05, 0.1) is 6.61 Å². The molecule has 33 heavy (non-hydrogen) atoms. The minimum Gasteiger partial charge on any atom is -0.493 e. The van der Waals surface area contributed by atoms with E-state index >= 15 is 0 Å². The molecule has 0 spiro atoms. The van der Waals surface area contributed by atoms with Gasteiger partial charge < -0.3 is 15.0 Å². The number of benzene rings is 2. The minimum atomic E-state index is -0.278. The molecule has 0 radical (unpaired) electrons. The Bertz CT molecular complexity index is 962. The van der Waals surface area contributed by atoms with E-state index in [9.17, 15) is 14.4 Å². The largest absolute Gasteiger partial charge is 0.493 e. The first-order valence-electron chi connectivity index (χ1n) is 11.0. The van der Waals surface area contributed by atoms with Gasteiger partial charge in [0.1, 0.15) is 5.75 Å². The molecule has 1 aliphatic heterocycles. The SMILES string of the molecule is Cc1cc(Cl)ccc1OCCCC(=O)NNC(=O)C1CCN(C(=O)Nc2ccccc2)CC1. The van der Waals surface area contributed by atoms with E-state index in [-0.39, 0.29) is 30.2 Å². The molecule has 176 valence electrons. The van der Waals surface area contributed by atoms with Crippen molar-refractivity contribution in [3.05, 3.63) is 59.1 Å². The van der Waals surface area contributed by atoms with E-state index in [1.54, 1.807) is 17.0 Å². The van der Waals surface area contributed by atoms with Gasteiger partial charge in [0.25, 0.3) is 0 Å². The number of nitrogens with one attached hydrogen (secondary N) is 3. The molecule has 3 rings (SSSR count). The van der Waals surface area contributed by atoms with Crippen molar-refractivity contribution in [3.63, 3.8) is 0 Å². The lowest BCUT2D eigenvalue weighted by atomic mass is 9.96. The molecule has 0 aliphatic carbocycles. The number of likely N-dealkylation sites (tertiary alicyclic amines) is 1. The number of aryl methyl sites for hydroxylation is 1. The van der Waals surface area contributed by atoms with Crippen molar-refractivity contribution in [2.75, 3.05) is 25.0 Å². The fourth-order valence-corrected chi connectivity index (χ4v) is 3.78. The molecule has 1 fully saturated rings. The molecule has 0 saturated carbocycles. The zero-order valence-electron chi connectivity index (χ0n) is 18.6. The maximum atomic E-state index is 12.4. The van der Waals surface area contributed by atoms with Crippen molar-refractivity contribution in [2.45, 2.75) is 32.6 Å². The number of hydrogen-bond donors (Lipinski definition) is 3. The van der Waals surface area contributed by atoms with Crippen LogP contribution in [0.4, 0.5) is 10.5 Å². The summed E-state index contributed by atoms with van der Waals surface area (Å²) in [7, 11) is 0. The molecular weight excluding hydrogens is 444 g/mol. The summed E-state index contributed by atoms with van der Waals surface area (Å²) in [4.78, 5) is 38.4. The highest BCUT2D eigenvalue weighted by molar-refractivity contribution is 6.30. The van der Waals surface area contributed by atoms with Gasteiger partial charge in [-0.2, -0.15) is 0 Å². The third-order valence-electron chi connectivity index (χ3n) is 5.45. The molecule has 1 heterocycles. The fourth-order valence-electron chi connectivity index (χ4n) is 3.55. The van der Waals surface area contributed by atoms with Gasteiger partial charge in [0, 0.05) is 36.1 Å². The summed E-state index contributed by atoms with van der Waals surface area (Å²) in [6.07, 6.45) is 1.82. The second kappa shape index (κ2) is 12.1. The van der Waals surface area contributed by atoms with Crippen LogP contribution in [0.5, 0.6) is 5.75 Å². The Labute approximate surface area is 198 Å². The number of anilines is 1. The van der Waals surface area contributed by atoms with Crippen LogP contribution >= 0.6 is 11.6 Å². The van der Waals surface area contributed by atoms with Gasteiger partial charge in [-0.3, -0.25) is 20.4 Å². The number of nitrogens with zero attached hydrogens (tertiary/aromatic N) is 1. The normalized spacial score (nSPS) is 13.8. The highest BCUT2D eigenvalue weighted by Gasteiger charge is 2.27. The van der Waals surface area contributed by atoms with Crippen LogP contribution in [-0.2, 0) is 9.59 Å². The van der Waals surface area contributed by atoms with Gasteiger partial charge in [0.2, 0.25) is 11.8 Å². The van der Waals surface area contributed by atoms with Crippen LogP contribution in [-0.4, -0.2) is 42.4 Å². The van der Waals surface area contributed by atoms with Crippen molar-refractivity contribution in [1.29, 1.82) is 0 Å². The Balaban J connectivity index is 1.29. The maximum absolute atomic E-state index is 12.4. The first-order valence-corrected chi connectivity index (χ1v) is 11.4. The number of para-hydroxylation sites is 1. The summed E-state index contributed by atoms with van der Waals surface area (Å²) >= 11 is 5.92. The van der Waals surface area contributed by atoms with Gasteiger partial charge in [-0.1, -0.05) is 29.8 Å². The van der Waals surface area contributed by atoms with Crippen molar-refractivity contribution in [2.24, 2.45) is 5.92 Å². The molecule has 1 saturated heterocycles. The van der Waals surface area contributed by atoms with Gasteiger partial charge in [-0.25, -0.2) is 4.79 Å². The first kappa shape index (κ1) is 24.4. The van der Waals surface area contributed by atoms with Gasteiger partial charge in [-0.15, -0.1) is 0 Å². The summed E-state index contributed by atoms with van der Waals surface area (Å²) in [5.74, 6) is -0.0295. The standard InChI is InChI=1S/C24H29ClN4O4/c1-17-16-19(25)9-10-21(17)33-15-5-8-22(30)27-28-23(31)18-11-13-29(14-12-18)24(32)26-20-6-3-2-4-7-20/h2-4,6-7,9-10,16,18H,5,8,11-15H2,1H3,(H,26,32)(H,27,30)(H,28,31). The lowest BCUT2D eigenvalue weighted by Crippen LogP contribution is -2.48. The molecule has 9 heteroatoms. The molecule has 0 bridgehead atoms. The molecule has 2 aromatic rings. The average Bonchev–Trinajstić information content (AvgIpc) is 2.82. The van der Waals surface area contributed by atoms with E-state index in [4.69, 9.17) is 16.3 Å². The monoisotopic (exact) mass is 472 g/mol. The molecular formula is C24H29ClN4O4. The smallest absolute Gasteiger partial charge is 0.321 e. The Hall–Kier alpha value is -3.26. The summed E-state index contributed by atoms with van der Waals surface area (Å²) in [6, 6.07) is 14.4. The van der Waals surface area contributed by atoms with Crippen LogP contribution in [0, 0.1) is 12.8 Å². The lowest BCUT2D eigenvalue weighted by molar-refractivity contribution is -0.132. The molecule has 8 nitrogen and oxygen atoms in total. The second-order valence-corrected chi connectivity index (χ2v) is 8.39. The van der Waals surface area contributed by atoms with E-state index in [1.165, 1.54) is 0 Å². The number of rotatable bonds is 7. The minimum absolute atomic E-state index is 0.177. The van der Waals surface area contributed by atoms with Gasteiger partial charge in [0.15, 0.2) is 0 Å². The second-order valence-electron chi connectivity index (χ2n) is 7.96. The third kappa shape index (κ3) is 7.68. The topological polar surface area (TPSA) is 99.8 Å². The van der Waals surface area contributed by atoms with Crippen LogP contribution in [0.25, 0.3) is 0 Å². The van der Waals surface area contributed by atoms with Crippen molar-refractivity contribution in [1.82, 2.24) is 15.8 Å². The van der Waals surface area contributed by atoms with Crippen molar-refractivity contribution in [3.8, 4) is 5.75 Å². The predicted molar refractivity (Wildman–Crippen MR) is 127 cm³/mol. The van der Waals surface area contributed by atoms with E-state index in [0.29, 0.717) is 44.0 Å².